The van der Waals surface area contributed by atoms with Crippen LogP contribution in [0, 0.1) is 17.1 Å². The number of hydrogen-bond acceptors (Lipinski definition) is 4. The highest BCUT2D eigenvalue weighted by Crippen LogP contribution is 2.22. The van der Waals surface area contributed by atoms with Crippen LogP contribution in [0.3, 0.4) is 0 Å². The van der Waals surface area contributed by atoms with Crippen molar-refractivity contribution in [3.8, 4) is 6.07 Å². The molecule has 2 aromatic rings. The summed E-state index contributed by atoms with van der Waals surface area (Å²) in [6.07, 6.45) is 2.99. The molecule has 7 heteroatoms. The topological polar surface area (TPSA) is 96.7 Å². The first-order chi connectivity index (χ1) is 9.10. The molecule has 0 saturated heterocycles. The molecule has 96 valence electrons. The van der Waals surface area contributed by atoms with Gasteiger partial charge in [-0.05, 0) is 12.1 Å². The van der Waals surface area contributed by atoms with Crippen molar-refractivity contribution in [1.29, 1.82) is 5.26 Å². The van der Waals surface area contributed by atoms with Gasteiger partial charge in [0.1, 0.15) is 24.0 Å². The largest absolute Gasteiger partial charge is 0.368 e. The number of nitrogens with one attached hydrogen (secondary N) is 1. The van der Waals surface area contributed by atoms with Crippen LogP contribution >= 0.6 is 0 Å². The number of rotatable bonds is 4. The van der Waals surface area contributed by atoms with Crippen LogP contribution in [0.15, 0.2) is 30.6 Å². The Morgan fingerprint density at radius 1 is 1.58 bits per heavy atom. The number of carbonyl (C=O) groups excluding carboxylic acids is 1. The van der Waals surface area contributed by atoms with Crippen molar-refractivity contribution < 1.29 is 9.18 Å². The first-order valence-electron chi connectivity index (χ1n) is 5.36. The van der Waals surface area contributed by atoms with E-state index in [1.165, 1.54) is 29.2 Å². The van der Waals surface area contributed by atoms with Crippen LogP contribution in [0.2, 0.25) is 0 Å². The molecule has 0 aliphatic rings. The maximum Gasteiger partial charge on any atom is 0.239 e. The molecule has 0 aliphatic carbocycles. The zero-order valence-corrected chi connectivity index (χ0v) is 9.80. The van der Waals surface area contributed by atoms with Crippen molar-refractivity contribution in [2.24, 2.45) is 5.73 Å². The Morgan fingerprint density at radius 2 is 2.37 bits per heavy atom. The molecule has 0 radical (unpaired) electrons. The van der Waals surface area contributed by atoms with Gasteiger partial charge in [-0.25, -0.2) is 4.39 Å². The van der Waals surface area contributed by atoms with Crippen LogP contribution in [0.5, 0.6) is 0 Å². The van der Waals surface area contributed by atoms with Gasteiger partial charge in [0.15, 0.2) is 0 Å². The fourth-order valence-electron chi connectivity index (χ4n) is 1.57. The first-order valence-corrected chi connectivity index (χ1v) is 5.36. The Hall–Kier alpha value is -2.88. The van der Waals surface area contributed by atoms with Gasteiger partial charge in [-0.15, -0.1) is 0 Å². The monoisotopic (exact) mass is 259 g/mol. The third-order valence-corrected chi connectivity index (χ3v) is 2.36. The van der Waals surface area contributed by atoms with Gasteiger partial charge in [0, 0.05) is 6.20 Å². The van der Waals surface area contributed by atoms with Crippen LogP contribution in [0.25, 0.3) is 0 Å². The molecule has 0 unspecified atom stereocenters. The lowest BCUT2D eigenvalue weighted by atomic mass is 10.2. The third-order valence-electron chi connectivity index (χ3n) is 2.36. The quantitative estimate of drug-likeness (QED) is 0.859. The number of anilines is 2. The van der Waals surface area contributed by atoms with Gasteiger partial charge in [-0.1, -0.05) is 6.07 Å². The van der Waals surface area contributed by atoms with E-state index in [4.69, 9.17) is 11.0 Å². The maximum atomic E-state index is 13.4. The molecular formula is C12H10FN5O. The summed E-state index contributed by atoms with van der Waals surface area (Å²) in [7, 11) is 0. The number of hydrogen-bond donors (Lipinski definition) is 2. The average Bonchev–Trinajstić information content (AvgIpc) is 2.76. The van der Waals surface area contributed by atoms with Gasteiger partial charge in [0.25, 0.3) is 0 Å². The van der Waals surface area contributed by atoms with Crippen LogP contribution in [-0.4, -0.2) is 15.7 Å². The van der Waals surface area contributed by atoms with Crippen molar-refractivity contribution >= 4 is 17.3 Å². The summed E-state index contributed by atoms with van der Waals surface area (Å²) < 4.78 is 14.7. The lowest BCUT2D eigenvalue weighted by Crippen LogP contribution is -2.18. The lowest BCUT2D eigenvalue weighted by molar-refractivity contribution is -0.118. The van der Waals surface area contributed by atoms with Gasteiger partial charge in [-0.3, -0.25) is 9.48 Å². The Balaban J connectivity index is 2.22. The zero-order valence-electron chi connectivity index (χ0n) is 9.80. The highest BCUT2D eigenvalue weighted by Gasteiger charge is 2.09. The molecule has 0 bridgehead atoms. The SMILES string of the molecule is N#Cc1c(F)cccc1Nc1cnn(CC(N)=O)c1. The van der Waals surface area contributed by atoms with Crippen molar-refractivity contribution in [3.63, 3.8) is 0 Å². The summed E-state index contributed by atoms with van der Waals surface area (Å²) in [5.41, 5.74) is 5.83. The van der Waals surface area contributed by atoms with Gasteiger partial charge in [-0.2, -0.15) is 10.4 Å². The van der Waals surface area contributed by atoms with Crippen LogP contribution < -0.4 is 11.1 Å². The van der Waals surface area contributed by atoms with E-state index >= 15 is 0 Å². The van der Waals surface area contributed by atoms with E-state index in [9.17, 15) is 9.18 Å². The third kappa shape index (κ3) is 2.87. The molecule has 0 atom stereocenters. The molecule has 1 heterocycles. The van der Waals surface area contributed by atoms with Crippen molar-refractivity contribution in [3.05, 3.63) is 42.0 Å². The van der Waals surface area contributed by atoms with Crippen molar-refractivity contribution in [2.45, 2.75) is 6.54 Å². The predicted octanol–water partition coefficient (Wildman–Crippen LogP) is 1.12. The number of primary amides is 1. The van der Waals surface area contributed by atoms with E-state index in [0.717, 1.165) is 0 Å². The van der Waals surface area contributed by atoms with Gasteiger partial charge < -0.3 is 11.1 Å². The lowest BCUT2D eigenvalue weighted by Gasteiger charge is -2.05. The fraction of sp³-hybridized carbons (Fsp3) is 0.0833. The van der Waals surface area contributed by atoms with E-state index in [-0.39, 0.29) is 12.1 Å². The summed E-state index contributed by atoms with van der Waals surface area (Å²) in [6, 6.07) is 6.06. The van der Waals surface area contributed by atoms with Gasteiger partial charge >= 0.3 is 0 Å². The number of amides is 1. The second-order valence-corrected chi connectivity index (χ2v) is 3.79. The van der Waals surface area contributed by atoms with E-state index in [0.29, 0.717) is 11.4 Å². The summed E-state index contributed by atoms with van der Waals surface area (Å²) in [5, 5.41) is 15.7. The predicted molar refractivity (Wildman–Crippen MR) is 65.8 cm³/mol. The molecular weight excluding hydrogens is 249 g/mol. The molecule has 0 saturated carbocycles. The number of nitrogens with two attached hydrogens (primary N) is 1. The molecule has 0 fully saturated rings. The molecule has 0 aliphatic heterocycles. The summed E-state index contributed by atoms with van der Waals surface area (Å²) in [6.45, 7) is -0.0457. The molecule has 1 amide bonds. The van der Waals surface area contributed by atoms with Gasteiger partial charge in [0.05, 0.1) is 17.6 Å². The minimum absolute atomic E-state index is 0.0457. The average molecular weight is 259 g/mol. The smallest absolute Gasteiger partial charge is 0.239 e. The summed E-state index contributed by atoms with van der Waals surface area (Å²) in [5.74, 6) is -1.12. The second kappa shape index (κ2) is 5.18. The number of aromatic nitrogens is 2. The normalized spacial score (nSPS) is 9.89. The number of nitriles is 1. The molecule has 19 heavy (non-hydrogen) atoms. The highest BCUT2D eigenvalue weighted by atomic mass is 19.1. The van der Waals surface area contributed by atoms with Gasteiger partial charge in [0.2, 0.25) is 5.91 Å². The molecule has 6 nitrogen and oxygen atoms in total. The zero-order chi connectivity index (χ0) is 13.8. The molecule has 1 aromatic carbocycles. The van der Waals surface area contributed by atoms with E-state index in [1.54, 1.807) is 12.1 Å². The maximum absolute atomic E-state index is 13.4. The minimum Gasteiger partial charge on any atom is -0.368 e. The Bertz CT molecular complexity index is 658. The molecule has 0 spiro atoms. The van der Waals surface area contributed by atoms with E-state index < -0.39 is 11.7 Å². The minimum atomic E-state index is -0.600. The Labute approximate surface area is 108 Å². The van der Waals surface area contributed by atoms with Crippen LogP contribution in [0.4, 0.5) is 15.8 Å². The number of halogens is 1. The second-order valence-electron chi connectivity index (χ2n) is 3.79. The molecule has 1 aromatic heterocycles. The Morgan fingerprint density at radius 3 is 3.05 bits per heavy atom. The molecule has 3 N–H and O–H groups in total. The number of nitrogens with zero attached hydrogens (tertiary/aromatic N) is 3. The van der Waals surface area contributed by atoms with E-state index in [1.807, 2.05) is 0 Å². The first kappa shape index (κ1) is 12.6. The number of benzene rings is 1. The summed E-state index contributed by atoms with van der Waals surface area (Å²) >= 11 is 0. The van der Waals surface area contributed by atoms with E-state index in [2.05, 4.69) is 10.4 Å². The molecule has 2 rings (SSSR count). The number of carbonyl (C=O) groups is 1. The standard InChI is InChI=1S/C12H10FN5O/c13-10-2-1-3-11(9(10)4-14)17-8-5-16-18(6-8)7-12(15)19/h1-3,5-6,17H,7H2,(H2,15,19). The van der Waals surface area contributed by atoms with Crippen LogP contribution in [-0.2, 0) is 11.3 Å². The fourth-order valence-corrected chi connectivity index (χ4v) is 1.57. The Kier molecular flexibility index (Phi) is 3.43. The van der Waals surface area contributed by atoms with Crippen molar-refractivity contribution in [2.75, 3.05) is 5.32 Å². The van der Waals surface area contributed by atoms with Crippen molar-refractivity contribution in [1.82, 2.24) is 9.78 Å². The summed E-state index contributed by atoms with van der Waals surface area (Å²) in [4.78, 5) is 10.7. The van der Waals surface area contributed by atoms with Crippen LogP contribution in [0.1, 0.15) is 5.56 Å². The highest BCUT2D eigenvalue weighted by molar-refractivity contribution is 5.73.